The maximum atomic E-state index is 11.1. The van der Waals surface area contributed by atoms with Crippen molar-refractivity contribution in [2.45, 2.75) is 45.7 Å². The Morgan fingerprint density at radius 3 is 2.62 bits per heavy atom. The first-order valence-electron chi connectivity index (χ1n) is 7.38. The quantitative estimate of drug-likeness (QED) is 0.694. The predicted molar refractivity (Wildman–Crippen MR) is 82.0 cm³/mol. The zero-order valence-corrected chi connectivity index (χ0v) is 13.0. The number of benzene rings is 1. The summed E-state index contributed by atoms with van der Waals surface area (Å²) < 4.78 is 10.9. The first-order valence-corrected chi connectivity index (χ1v) is 7.38. The van der Waals surface area contributed by atoms with Gasteiger partial charge in [0.25, 0.3) is 0 Å². The zero-order valence-electron chi connectivity index (χ0n) is 13.0. The molecule has 0 amide bonds. The van der Waals surface area contributed by atoms with Gasteiger partial charge in [-0.25, -0.2) is 0 Å². The number of nitrogens with one attached hydrogen (secondary N) is 1. The third-order valence-electron chi connectivity index (χ3n) is 3.12. The molecule has 1 rings (SSSR count). The minimum atomic E-state index is -0.813. The van der Waals surface area contributed by atoms with Gasteiger partial charge in [-0.05, 0) is 30.5 Å². The lowest BCUT2D eigenvalue weighted by Gasteiger charge is -2.15. The molecule has 0 saturated heterocycles. The Morgan fingerprint density at radius 2 is 2.05 bits per heavy atom. The molecule has 0 heterocycles. The van der Waals surface area contributed by atoms with E-state index in [9.17, 15) is 4.79 Å². The average Bonchev–Trinajstić information content (AvgIpc) is 2.49. The highest BCUT2D eigenvalue weighted by molar-refractivity contribution is 5.73. The Bertz CT molecular complexity index is 448. The number of aliphatic carboxylic acids is 1. The summed E-state index contributed by atoms with van der Waals surface area (Å²) in [6, 6.07) is 5.15. The van der Waals surface area contributed by atoms with Crippen LogP contribution in [0, 0.1) is 0 Å². The highest BCUT2D eigenvalue weighted by atomic mass is 16.5. The van der Waals surface area contributed by atoms with Crippen molar-refractivity contribution < 1.29 is 19.4 Å². The molecule has 0 bridgehead atoms. The molecular weight excluding hydrogens is 270 g/mol. The largest absolute Gasteiger partial charge is 0.493 e. The summed E-state index contributed by atoms with van der Waals surface area (Å²) in [5.74, 6) is 0.572. The minimum absolute atomic E-state index is 0.487. The Kier molecular flexibility index (Phi) is 7.61. The second-order valence-electron chi connectivity index (χ2n) is 4.89. The van der Waals surface area contributed by atoms with Gasteiger partial charge in [-0.2, -0.15) is 0 Å². The van der Waals surface area contributed by atoms with Crippen molar-refractivity contribution in [2.24, 2.45) is 0 Å². The summed E-state index contributed by atoms with van der Waals surface area (Å²) >= 11 is 0. The van der Waals surface area contributed by atoms with Gasteiger partial charge in [0.05, 0.1) is 13.7 Å². The standard InChI is InChI=1S/C16H25NO4/c1-4-6-13(16(18)19)17-11-12-7-8-14(21-9-5-2)15(10-12)20-3/h7-8,10,13,17H,4-6,9,11H2,1-3H3,(H,18,19). The van der Waals surface area contributed by atoms with Gasteiger partial charge < -0.3 is 19.9 Å². The summed E-state index contributed by atoms with van der Waals surface area (Å²) in [5.41, 5.74) is 0.970. The predicted octanol–water partition coefficient (Wildman–Crippen LogP) is 2.83. The lowest BCUT2D eigenvalue weighted by molar-refractivity contribution is -0.139. The highest BCUT2D eigenvalue weighted by Crippen LogP contribution is 2.28. The van der Waals surface area contributed by atoms with Gasteiger partial charge in [-0.15, -0.1) is 0 Å². The second-order valence-corrected chi connectivity index (χ2v) is 4.89. The third-order valence-corrected chi connectivity index (χ3v) is 3.12. The van der Waals surface area contributed by atoms with Gasteiger partial charge in [0.2, 0.25) is 0 Å². The molecule has 1 aromatic carbocycles. The molecule has 0 fully saturated rings. The molecule has 2 N–H and O–H groups in total. The van der Waals surface area contributed by atoms with Gasteiger partial charge >= 0.3 is 5.97 Å². The lowest BCUT2D eigenvalue weighted by atomic mass is 10.1. The van der Waals surface area contributed by atoms with Crippen LogP contribution in [-0.2, 0) is 11.3 Å². The van der Waals surface area contributed by atoms with E-state index >= 15 is 0 Å². The molecule has 5 nitrogen and oxygen atoms in total. The molecule has 21 heavy (non-hydrogen) atoms. The molecule has 0 spiro atoms. The molecule has 0 aliphatic rings. The second kappa shape index (κ2) is 9.23. The molecule has 0 saturated carbocycles. The molecule has 5 heteroatoms. The van der Waals surface area contributed by atoms with Crippen LogP contribution in [0.2, 0.25) is 0 Å². The van der Waals surface area contributed by atoms with Crippen LogP contribution in [0.1, 0.15) is 38.7 Å². The van der Waals surface area contributed by atoms with Crippen molar-refractivity contribution >= 4 is 5.97 Å². The van der Waals surface area contributed by atoms with Crippen LogP contribution >= 0.6 is 0 Å². The van der Waals surface area contributed by atoms with E-state index in [0.717, 1.165) is 18.4 Å². The fraction of sp³-hybridized carbons (Fsp3) is 0.562. The average molecular weight is 295 g/mol. The Hall–Kier alpha value is -1.75. The van der Waals surface area contributed by atoms with E-state index < -0.39 is 12.0 Å². The Balaban J connectivity index is 2.69. The maximum absolute atomic E-state index is 11.1. The van der Waals surface area contributed by atoms with Gasteiger partial charge in [0, 0.05) is 6.54 Å². The minimum Gasteiger partial charge on any atom is -0.493 e. The van der Waals surface area contributed by atoms with Crippen LogP contribution in [0.25, 0.3) is 0 Å². The van der Waals surface area contributed by atoms with Crippen molar-refractivity contribution in [1.82, 2.24) is 5.32 Å². The Morgan fingerprint density at radius 1 is 1.29 bits per heavy atom. The van der Waals surface area contributed by atoms with Crippen molar-refractivity contribution in [1.29, 1.82) is 0 Å². The number of ether oxygens (including phenoxy) is 2. The van der Waals surface area contributed by atoms with E-state index in [1.54, 1.807) is 7.11 Å². The molecule has 118 valence electrons. The van der Waals surface area contributed by atoms with Crippen LogP contribution in [0.15, 0.2) is 18.2 Å². The molecule has 1 unspecified atom stereocenters. The molecule has 1 aromatic rings. The van der Waals surface area contributed by atoms with Crippen LogP contribution in [-0.4, -0.2) is 30.8 Å². The smallest absolute Gasteiger partial charge is 0.320 e. The monoisotopic (exact) mass is 295 g/mol. The number of carboxylic acids is 1. The highest BCUT2D eigenvalue weighted by Gasteiger charge is 2.15. The first-order chi connectivity index (χ1) is 10.1. The lowest BCUT2D eigenvalue weighted by Crippen LogP contribution is -2.35. The molecule has 1 atom stereocenters. The summed E-state index contributed by atoms with van der Waals surface area (Å²) in [6.07, 6.45) is 2.38. The van der Waals surface area contributed by atoms with E-state index in [0.29, 0.717) is 31.1 Å². The number of methoxy groups -OCH3 is 1. The van der Waals surface area contributed by atoms with Gasteiger partial charge in [0.15, 0.2) is 11.5 Å². The summed E-state index contributed by atoms with van der Waals surface area (Å²) in [4.78, 5) is 11.1. The van der Waals surface area contributed by atoms with Crippen LogP contribution in [0.4, 0.5) is 0 Å². The molecular formula is C16H25NO4. The molecule has 0 aliphatic heterocycles. The van der Waals surface area contributed by atoms with Crippen molar-refractivity contribution in [3.05, 3.63) is 23.8 Å². The van der Waals surface area contributed by atoms with E-state index in [4.69, 9.17) is 14.6 Å². The summed E-state index contributed by atoms with van der Waals surface area (Å²) in [5, 5.41) is 12.2. The number of rotatable bonds is 10. The van der Waals surface area contributed by atoms with Crippen LogP contribution in [0.3, 0.4) is 0 Å². The van der Waals surface area contributed by atoms with Crippen LogP contribution < -0.4 is 14.8 Å². The van der Waals surface area contributed by atoms with E-state index in [1.165, 1.54) is 0 Å². The van der Waals surface area contributed by atoms with Gasteiger partial charge in [0.1, 0.15) is 6.04 Å². The number of carbonyl (C=O) groups is 1. The van der Waals surface area contributed by atoms with Crippen molar-refractivity contribution in [3.8, 4) is 11.5 Å². The van der Waals surface area contributed by atoms with E-state index in [2.05, 4.69) is 5.32 Å². The summed E-state index contributed by atoms with van der Waals surface area (Å²) in [6.45, 7) is 5.15. The molecule has 0 radical (unpaired) electrons. The fourth-order valence-corrected chi connectivity index (χ4v) is 2.00. The third kappa shape index (κ3) is 5.63. The van der Waals surface area contributed by atoms with Crippen molar-refractivity contribution in [3.63, 3.8) is 0 Å². The van der Waals surface area contributed by atoms with E-state index in [1.807, 2.05) is 32.0 Å². The number of carboxylic acid groups (broad SMARTS) is 1. The maximum Gasteiger partial charge on any atom is 0.320 e. The number of hydrogen-bond donors (Lipinski definition) is 2. The fourth-order valence-electron chi connectivity index (χ4n) is 2.00. The summed E-state index contributed by atoms with van der Waals surface area (Å²) in [7, 11) is 1.60. The Labute approximate surface area is 126 Å². The first kappa shape index (κ1) is 17.3. The van der Waals surface area contributed by atoms with E-state index in [-0.39, 0.29) is 0 Å². The number of hydrogen-bond acceptors (Lipinski definition) is 4. The van der Waals surface area contributed by atoms with Gasteiger partial charge in [-0.1, -0.05) is 26.3 Å². The topological polar surface area (TPSA) is 67.8 Å². The molecule has 0 aliphatic carbocycles. The van der Waals surface area contributed by atoms with Gasteiger partial charge in [-0.3, -0.25) is 4.79 Å². The molecule has 0 aromatic heterocycles. The van der Waals surface area contributed by atoms with Crippen molar-refractivity contribution in [2.75, 3.05) is 13.7 Å². The zero-order chi connectivity index (χ0) is 15.7. The van der Waals surface area contributed by atoms with Crippen LogP contribution in [0.5, 0.6) is 11.5 Å². The SMILES string of the molecule is CCCOc1ccc(CNC(CCC)C(=O)O)cc1OC. The normalized spacial score (nSPS) is 12.0.